The van der Waals surface area contributed by atoms with Gasteiger partial charge >= 0.3 is 0 Å². The van der Waals surface area contributed by atoms with E-state index in [0.29, 0.717) is 11.1 Å². The first-order valence-corrected chi connectivity index (χ1v) is 12.7. The number of hydroxylamine groups is 1. The summed E-state index contributed by atoms with van der Waals surface area (Å²) in [7, 11) is -5.45. The monoisotopic (exact) mass is 490 g/mol. The molecule has 1 aromatic carbocycles. The number of carbonyl (C=O) groups is 1. The third-order valence-electron chi connectivity index (χ3n) is 4.85. The van der Waals surface area contributed by atoms with Gasteiger partial charge < -0.3 is 5.11 Å². The zero-order valence-corrected chi connectivity index (χ0v) is 19.1. The number of aromatic hydroxyl groups is 1. The van der Waals surface area contributed by atoms with E-state index in [-0.39, 0.29) is 23.0 Å². The van der Waals surface area contributed by atoms with Crippen molar-refractivity contribution >= 4 is 37.5 Å². The summed E-state index contributed by atoms with van der Waals surface area (Å²) in [6.45, 7) is -0.888. The summed E-state index contributed by atoms with van der Waals surface area (Å²) < 4.78 is 54.7. The minimum Gasteiger partial charge on any atom is -0.508 e. The Morgan fingerprint density at radius 3 is 2.35 bits per heavy atom. The number of phenolic OH excluding ortho intramolecular Hbond substituents is 1. The number of nitrogens with one attached hydrogen (secondary N) is 1. The molecule has 1 aromatic heterocycles. The summed E-state index contributed by atoms with van der Waals surface area (Å²) >= 11 is 0.955. The average molecular weight is 491 g/mol. The molecule has 0 radical (unpaired) electrons. The smallest absolute Gasteiger partial charge is 0.281 e. The molecule has 1 amide bonds. The molecule has 0 bridgehead atoms. The van der Waals surface area contributed by atoms with Crippen molar-refractivity contribution in [2.24, 2.45) is 0 Å². The number of hydrogen-bond donors (Lipinski definition) is 3. The molecule has 1 aliphatic heterocycles. The van der Waals surface area contributed by atoms with Gasteiger partial charge in [0.05, 0.1) is 0 Å². The molecular weight excluding hydrogens is 468 g/mol. The topological polar surface area (TPSA) is 148 Å². The Balaban J connectivity index is 2.00. The van der Waals surface area contributed by atoms with E-state index in [2.05, 4.69) is 0 Å². The number of hydrogen-bond acceptors (Lipinski definition) is 8. The van der Waals surface area contributed by atoms with Crippen LogP contribution in [0.2, 0.25) is 0 Å². The second-order valence-electron chi connectivity index (χ2n) is 6.92. The molecule has 0 saturated carbocycles. The number of thiophene rings is 1. The lowest BCUT2D eigenvalue weighted by molar-refractivity contribution is -0.134. The fraction of sp³-hybridized carbons (Fsp3) is 0.353. The summed E-state index contributed by atoms with van der Waals surface area (Å²) in [5.74, 6) is -1.01. The highest BCUT2D eigenvalue weighted by Gasteiger charge is 2.44. The molecule has 1 saturated heterocycles. The van der Waals surface area contributed by atoms with Gasteiger partial charge in [-0.3, -0.25) is 10.0 Å². The van der Waals surface area contributed by atoms with Crippen molar-refractivity contribution in [3.63, 3.8) is 0 Å². The number of rotatable bonds is 6. The summed E-state index contributed by atoms with van der Waals surface area (Å²) in [4.78, 5) is 12.3. The zero-order valence-electron chi connectivity index (χ0n) is 16.7. The van der Waals surface area contributed by atoms with E-state index < -0.39 is 38.7 Å². The van der Waals surface area contributed by atoms with Gasteiger partial charge in [-0.1, -0.05) is 12.1 Å². The molecule has 0 unspecified atom stereocenters. The Labute approximate surface area is 184 Å². The number of nitrogens with zero attached hydrogens (tertiary/aromatic N) is 3. The largest absolute Gasteiger partial charge is 0.508 e. The third kappa shape index (κ3) is 4.45. The van der Waals surface area contributed by atoms with Crippen molar-refractivity contribution in [2.45, 2.75) is 10.3 Å². The van der Waals surface area contributed by atoms with Gasteiger partial charge in [0, 0.05) is 39.3 Å². The Morgan fingerprint density at radius 2 is 1.77 bits per heavy atom. The first kappa shape index (κ1) is 23.6. The lowest BCUT2D eigenvalue weighted by atomic mass is 10.1. The van der Waals surface area contributed by atoms with Crippen molar-refractivity contribution in [3.05, 3.63) is 35.7 Å². The SMILES string of the molecule is CN(C)S(=O)(=O)N1CCN(S(=O)(=O)c2sccc2-c2ccc(O)cc2)[C@@H](C(=O)NO)C1. The van der Waals surface area contributed by atoms with Gasteiger partial charge in [0.15, 0.2) is 0 Å². The van der Waals surface area contributed by atoms with Crippen LogP contribution >= 0.6 is 11.3 Å². The molecule has 11 nitrogen and oxygen atoms in total. The number of carbonyl (C=O) groups excluding carboxylic acids is 1. The van der Waals surface area contributed by atoms with Crippen molar-refractivity contribution in [3.8, 4) is 16.9 Å². The van der Waals surface area contributed by atoms with Crippen LogP contribution in [0.4, 0.5) is 0 Å². The van der Waals surface area contributed by atoms with Gasteiger partial charge in [-0.05, 0) is 29.1 Å². The van der Waals surface area contributed by atoms with Crippen molar-refractivity contribution in [1.29, 1.82) is 0 Å². The average Bonchev–Trinajstić information content (AvgIpc) is 3.24. The molecular formula is C17H22N4O7S3. The molecule has 1 atom stereocenters. The number of sulfonamides is 1. The quantitative estimate of drug-likeness (QED) is 0.384. The fourth-order valence-corrected chi connectivity index (χ4v) is 7.40. The van der Waals surface area contributed by atoms with Crippen LogP contribution in [0.3, 0.4) is 0 Å². The van der Waals surface area contributed by atoms with Crippen molar-refractivity contribution in [1.82, 2.24) is 18.4 Å². The van der Waals surface area contributed by atoms with Crippen LogP contribution in [0.1, 0.15) is 0 Å². The van der Waals surface area contributed by atoms with Crippen LogP contribution in [0.5, 0.6) is 5.75 Å². The molecule has 3 N–H and O–H groups in total. The summed E-state index contributed by atoms with van der Waals surface area (Å²) in [5, 5.41) is 20.2. The Bertz CT molecular complexity index is 1160. The number of phenols is 1. The molecule has 170 valence electrons. The van der Waals surface area contributed by atoms with Crippen LogP contribution in [-0.2, 0) is 25.0 Å². The van der Waals surface area contributed by atoms with E-state index >= 15 is 0 Å². The second-order valence-corrected chi connectivity index (χ2v) is 12.1. The molecule has 3 rings (SSSR count). The number of amides is 1. The summed E-state index contributed by atoms with van der Waals surface area (Å²) in [6, 6.07) is 6.13. The molecule has 0 spiro atoms. The van der Waals surface area contributed by atoms with Crippen molar-refractivity contribution in [2.75, 3.05) is 33.7 Å². The van der Waals surface area contributed by atoms with Gasteiger partial charge in [-0.15, -0.1) is 11.3 Å². The maximum absolute atomic E-state index is 13.5. The molecule has 14 heteroatoms. The molecule has 1 aliphatic rings. The van der Waals surface area contributed by atoms with Crippen LogP contribution < -0.4 is 5.48 Å². The first-order valence-electron chi connectivity index (χ1n) is 9.00. The predicted octanol–water partition coefficient (Wildman–Crippen LogP) is 0.107. The van der Waals surface area contributed by atoms with Crippen LogP contribution in [0.15, 0.2) is 39.9 Å². The van der Waals surface area contributed by atoms with Crippen molar-refractivity contribution < 1.29 is 31.9 Å². The van der Waals surface area contributed by atoms with E-state index in [1.165, 1.54) is 31.7 Å². The van der Waals surface area contributed by atoms with Gasteiger partial charge in [0.25, 0.3) is 26.1 Å². The number of piperazine rings is 1. The zero-order chi connectivity index (χ0) is 23.0. The molecule has 31 heavy (non-hydrogen) atoms. The lowest BCUT2D eigenvalue weighted by Crippen LogP contribution is -2.62. The van der Waals surface area contributed by atoms with E-state index in [4.69, 9.17) is 5.21 Å². The fourth-order valence-electron chi connectivity index (χ4n) is 3.21. The predicted molar refractivity (Wildman–Crippen MR) is 113 cm³/mol. The van der Waals surface area contributed by atoms with Gasteiger partial charge in [-0.2, -0.15) is 21.3 Å². The van der Waals surface area contributed by atoms with E-state index in [0.717, 1.165) is 24.3 Å². The van der Waals surface area contributed by atoms with Gasteiger partial charge in [-0.25, -0.2) is 13.9 Å². The highest BCUT2D eigenvalue weighted by atomic mass is 32.2. The Hall–Kier alpha value is -2.07. The Kier molecular flexibility index (Phi) is 6.71. The van der Waals surface area contributed by atoms with Gasteiger partial charge in [0.1, 0.15) is 16.0 Å². The lowest BCUT2D eigenvalue weighted by Gasteiger charge is -2.39. The molecule has 1 fully saturated rings. The molecule has 0 aliphatic carbocycles. The van der Waals surface area contributed by atoms with E-state index in [9.17, 15) is 26.7 Å². The highest BCUT2D eigenvalue weighted by Crippen LogP contribution is 2.36. The summed E-state index contributed by atoms with van der Waals surface area (Å²) in [5.41, 5.74) is 2.37. The minimum absolute atomic E-state index is 0.0290. The maximum Gasteiger partial charge on any atom is 0.281 e. The van der Waals surface area contributed by atoms with Crippen LogP contribution in [0, 0.1) is 0 Å². The van der Waals surface area contributed by atoms with Crippen LogP contribution in [0.25, 0.3) is 11.1 Å². The minimum atomic E-state index is -4.22. The van der Waals surface area contributed by atoms with Crippen LogP contribution in [-0.4, -0.2) is 85.7 Å². The Morgan fingerprint density at radius 1 is 1.13 bits per heavy atom. The molecule has 2 aromatic rings. The van der Waals surface area contributed by atoms with E-state index in [1.807, 2.05) is 0 Å². The molecule has 2 heterocycles. The van der Waals surface area contributed by atoms with Gasteiger partial charge in [0.2, 0.25) is 0 Å². The number of benzene rings is 1. The highest BCUT2D eigenvalue weighted by molar-refractivity contribution is 7.91. The van der Waals surface area contributed by atoms with E-state index in [1.54, 1.807) is 23.6 Å². The standard InChI is InChI=1S/C17H22N4O7S3/c1-19(2)31(27,28)20-8-9-21(15(11-20)16(23)18-24)30(25,26)17-14(7-10-29-17)12-3-5-13(22)6-4-12/h3-7,10,15,22,24H,8-9,11H2,1-2H3,(H,18,23)/t15-/m1/s1. The maximum atomic E-state index is 13.5. The normalized spacial score (nSPS) is 18.9. The first-order chi connectivity index (χ1) is 14.5. The third-order valence-corrected chi connectivity index (χ3v) is 10.1. The summed E-state index contributed by atoms with van der Waals surface area (Å²) in [6.07, 6.45) is 0. The second kappa shape index (κ2) is 8.82.